The van der Waals surface area contributed by atoms with Crippen molar-refractivity contribution in [2.75, 3.05) is 23.7 Å². The first-order valence-corrected chi connectivity index (χ1v) is 16.8. The predicted molar refractivity (Wildman–Crippen MR) is 191 cm³/mol. The monoisotopic (exact) mass is 646 g/mol. The highest BCUT2D eigenvalue weighted by molar-refractivity contribution is 6.35. The quantitative estimate of drug-likeness (QED) is 0.165. The summed E-state index contributed by atoms with van der Waals surface area (Å²) >= 11 is 6.92. The van der Waals surface area contributed by atoms with Crippen molar-refractivity contribution in [2.24, 2.45) is 5.92 Å². The van der Waals surface area contributed by atoms with E-state index in [2.05, 4.69) is 96.9 Å². The molecule has 3 aromatic carbocycles. The maximum Gasteiger partial charge on any atom is 0.109 e. The number of likely N-dealkylation sites (tertiary alicyclic amines) is 1. The predicted octanol–water partition coefficient (Wildman–Crippen LogP) is 8.80. The van der Waals surface area contributed by atoms with Gasteiger partial charge in [-0.25, -0.2) is 4.68 Å². The number of pyridine rings is 1. The van der Waals surface area contributed by atoms with Crippen LogP contribution >= 0.6 is 11.6 Å². The molecular weight excluding hydrogens is 604 g/mol. The van der Waals surface area contributed by atoms with Crippen LogP contribution in [0.2, 0.25) is 5.02 Å². The van der Waals surface area contributed by atoms with Gasteiger partial charge in [0.1, 0.15) is 11.8 Å². The number of anilines is 2. The van der Waals surface area contributed by atoms with Gasteiger partial charge < -0.3 is 10.6 Å². The largest absolute Gasteiger partial charge is 0.376 e. The highest BCUT2D eigenvalue weighted by Crippen LogP contribution is 2.38. The fraction of sp³-hybridized carbons (Fsp3) is 0.368. The first kappa shape index (κ1) is 32.5. The van der Waals surface area contributed by atoms with Gasteiger partial charge in [0.2, 0.25) is 0 Å². The van der Waals surface area contributed by atoms with Gasteiger partial charge in [-0.3, -0.25) is 9.88 Å². The molecule has 8 nitrogen and oxygen atoms in total. The van der Waals surface area contributed by atoms with Crippen LogP contribution in [0.4, 0.5) is 11.4 Å². The molecule has 9 heteroatoms. The Balaban J connectivity index is 1.35. The molecule has 1 saturated heterocycles. The molecule has 0 bridgehead atoms. The van der Waals surface area contributed by atoms with Crippen LogP contribution in [0.15, 0.2) is 85.2 Å². The van der Waals surface area contributed by atoms with Crippen molar-refractivity contribution in [1.29, 1.82) is 5.26 Å². The van der Waals surface area contributed by atoms with Gasteiger partial charge in [0.15, 0.2) is 0 Å². The van der Waals surface area contributed by atoms with Crippen LogP contribution in [0, 0.1) is 17.2 Å². The average molecular weight is 647 g/mol. The zero-order valence-corrected chi connectivity index (χ0v) is 28.5. The first-order chi connectivity index (χ1) is 22.6. The molecule has 6 rings (SSSR count). The Morgan fingerprint density at radius 2 is 1.60 bits per heavy atom. The molecule has 242 valence electrons. The summed E-state index contributed by atoms with van der Waals surface area (Å²) in [5, 5.41) is 28.2. The molecule has 1 fully saturated rings. The van der Waals surface area contributed by atoms with Crippen molar-refractivity contribution in [3.8, 4) is 6.07 Å². The third-order valence-corrected chi connectivity index (χ3v) is 9.51. The van der Waals surface area contributed by atoms with E-state index in [1.54, 1.807) is 6.20 Å². The van der Waals surface area contributed by atoms with Crippen LogP contribution in [0.3, 0.4) is 0 Å². The van der Waals surface area contributed by atoms with Gasteiger partial charge in [-0.15, -0.1) is 5.10 Å². The van der Waals surface area contributed by atoms with Crippen molar-refractivity contribution in [3.63, 3.8) is 0 Å². The zero-order valence-electron chi connectivity index (χ0n) is 27.8. The summed E-state index contributed by atoms with van der Waals surface area (Å²) < 4.78 is 2.04. The van der Waals surface area contributed by atoms with Crippen LogP contribution in [-0.4, -0.2) is 43.5 Å². The van der Waals surface area contributed by atoms with Gasteiger partial charge in [-0.05, 0) is 62.8 Å². The summed E-state index contributed by atoms with van der Waals surface area (Å²) in [6, 6.07) is 26.9. The molecule has 0 spiro atoms. The number of nitriles is 1. The topological polar surface area (TPSA) is 94.7 Å². The van der Waals surface area contributed by atoms with E-state index in [1.165, 1.54) is 0 Å². The number of rotatable bonds is 9. The van der Waals surface area contributed by atoms with E-state index in [1.807, 2.05) is 53.2 Å². The normalized spacial score (nSPS) is 15.8. The highest BCUT2D eigenvalue weighted by Gasteiger charge is 2.29. The van der Waals surface area contributed by atoms with Crippen LogP contribution in [0.1, 0.15) is 88.0 Å². The minimum absolute atomic E-state index is 0.0216. The Hall–Kier alpha value is -4.45. The summed E-state index contributed by atoms with van der Waals surface area (Å²) in [7, 11) is 0. The minimum atomic E-state index is -0.274. The number of halogens is 1. The van der Waals surface area contributed by atoms with Gasteiger partial charge in [-0.1, -0.05) is 91.3 Å². The summed E-state index contributed by atoms with van der Waals surface area (Å²) in [5.74, 6) is 0.259. The van der Waals surface area contributed by atoms with Crippen molar-refractivity contribution >= 4 is 33.9 Å². The van der Waals surface area contributed by atoms with Crippen LogP contribution in [0.25, 0.3) is 10.9 Å². The molecule has 1 aliphatic heterocycles. The molecule has 3 heterocycles. The van der Waals surface area contributed by atoms with E-state index in [4.69, 9.17) is 16.7 Å². The number of fused-ring (bicyclic) bond motifs is 1. The van der Waals surface area contributed by atoms with Gasteiger partial charge >= 0.3 is 0 Å². The maximum absolute atomic E-state index is 10.1. The molecule has 47 heavy (non-hydrogen) atoms. The van der Waals surface area contributed by atoms with Crippen molar-refractivity contribution in [3.05, 3.63) is 113 Å². The first-order valence-electron chi connectivity index (χ1n) is 16.4. The average Bonchev–Trinajstić information content (AvgIpc) is 3.56. The van der Waals surface area contributed by atoms with E-state index in [-0.39, 0.29) is 23.5 Å². The van der Waals surface area contributed by atoms with Crippen molar-refractivity contribution in [1.82, 2.24) is 24.9 Å². The second-order valence-electron chi connectivity index (χ2n) is 13.8. The molecule has 1 aliphatic rings. The molecule has 0 aliphatic carbocycles. The Morgan fingerprint density at radius 1 is 0.936 bits per heavy atom. The minimum Gasteiger partial charge on any atom is -0.376 e. The lowest BCUT2D eigenvalue weighted by Gasteiger charge is -2.40. The SMILES string of the molecule is CC(C)C(Nc1c(C#N)cnc2c(Cl)cc(NC(c3ccccc3)c3cn(C4CCN(C(C)(C)C)CC4)nn3)cc12)c1ccccc1. The summed E-state index contributed by atoms with van der Waals surface area (Å²) in [4.78, 5) is 7.14. The van der Waals surface area contributed by atoms with E-state index in [0.29, 0.717) is 22.1 Å². The molecule has 2 aromatic heterocycles. The summed E-state index contributed by atoms with van der Waals surface area (Å²) in [6.07, 6.45) is 5.76. The Morgan fingerprint density at radius 3 is 2.21 bits per heavy atom. The van der Waals surface area contributed by atoms with E-state index >= 15 is 0 Å². The zero-order chi connectivity index (χ0) is 33.1. The number of hydrogen-bond acceptors (Lipinski definition) is 7. The fourth-order valence-electron chi connectivity index (χ4n) is 6.58. The fourth-order valence-corrected chi connectivity index (χ4v) is 6.84. The molecule has 0 radical (unpaired) electrons. The molecule has 2 N–H and O–H groups in total. The van der Waals surface area contributed by atoms with E-state index in [9.17, 15) is 5.26 Å². The van der Waals surface area contributed by atoms with Gasteiger partial charge in [-0.2, -0.15) is 5.26 Å². The second-order valence-corrected chi connectivity index (χ2v) is 14.2. The van der Waals surface area contributed by atoms with E-state index in [0.717, 1.165) is 59.5 Å². The third-order valence-electron chi connectivity index (χ3n) is 9.23. The Kier molecular flexibility index (Phi) is 9.49. The standard InChI is InChI=1S/C38H43ClN8/c1-25(2)34(26-12-8-6-9-13-26)43-35-28(22-40)23-41-37-31(35)20-29(21-32(37)39)42-36(27-14-10-7-11-15-27)33-24-47(45-44-33)30-16-18-46(19-17-30)38(3,4)5/h6-15,20-21,23-25,30,34,36,42H,16-19H2,1-5H3,(H,41,43). The second kappa shape index (κ2) is 13.7. The smallest absolute Gasteiger partial charge is 0.109 e. The number of nitrogens with zero attached hydrogens (tertiary/aromatic N) is 6. The number of nitrogens with one attached hydrogen (secondary N) is 2. The lowest BCUT2D eigenvalue weighted by molar-refractivity contribution is 0.0866. The number of aromatic nitrogens is 4. The molecule has 5 aromatic rings. The lowest BCUT2D eigenvalue weighted by Crippen LogP contribution is -2.46. The van der Waals surface area contributed by atoms with Gasteiger partial charge in [0.05, 0.1) is 46.1 Å². The summed E-state index contributed by atoms with van der Waals surface area (Å²) in [6.45, 7) is 13.2. The number of benzene rings is 3. The summed E-state index contributed by atoms with van der Waals surface area (Å²) in [5.41, 5.74) is 5.82. The van der Waals surface area contributed by atoms with Crippen molar-refractivity contribution < 1.29 is 0 Å². The highest BCUT2D eigenvalue weighted by atomic mass is 35.5. The number of piperidine rings is 1. The maximum atomic E-state index is 10.1. The number of hydrogen-bond donors (Lipinski definition) is 2. The van der Waals surface area contributed by atoms with Crippen LogP contribution < -0.4 is 10.6 Å². The molecular formula is C38H43ClN8. The van der Waals surface area contributed by atoms with Crippen LogP contribution in [0.5, 0.6) is 0 Å². The molecule has 2 unspecified atom stereocenters. The van der Waals surface area contributed by atoms with Crippen LogP contribution in [-0.2, 0) is 0 Å². The van der Waals surface area contributed by atoms with E-state index < -0.39 is 0 Å². The third kappa shape index (κ3) is 7.12. The lowest BCUT2D eigenvalue weighted by atomic mass is 9.95. The Bertz CT molecular complexity index is 1850. The van der Waals surface area contributed by atoms with Crippen molar-refractivity contribution in [2.45, 2.75) is 71.1 Å². The molecule has 2 atom stereocenters. The molecule has 0 saturated carbocycles. The van der Waals surface area contributed by atoms with Gasteiger partial charge in [0, 0.05) is 35.9 Å². The Labute approximate surface area is 282 Å². The van der Waals surface area contributed by atoms with Gasteiger partial charge in [0.25, 0.3) is 0 Å². The molecule has 0 amide bonds.